The fourth-order valence-corrected chi connectivity index (χ4v) is 1.24. The Hall–Kier alpha value is -2.48. The lowest BCUT2D eigenvalue weighted by atomic mass is 10.1. The summed E-state index contributed by atoms with van der Waals surface area (Å²) < 4.78 is 9.58. The van der Waals surface area contributed by atoms with E-state index in [1.54, 1.807) is 6.92 Å². The van der Waals surface area contributed by atoms with Gasteiger partial charge in [-0.2, -0.15) is 0 Å². The van der Waals surface area contributed by atoms with Gasteiger partial charge in [0.25, 0.3) is 0 Å². The molecule has 0 saturated carbocycles. The third-order valence-electron chi connectivity index (χ3n) is 2.02. The maximum atomic E-state index is 11.0. The normalized spacial score (nSPS) is 9.00. The summed E-state index contributed by atoms with van der Waals surface area (Å²) in [5, 5.41) is 8.89. The second-order valence-electron chi connectivity index (χ2n) is 3.19. The second kappa shape index (κ2) is 6.30. The van der Waals surface area contributed by atoms with Gasteiger partial charge in [0.2, 0.25) is 0 Å². The third kappa shape index (κ3) is 3.52. The number of benzene rings is 1. The highest BCUT2D eigenvalue weighted by Gasteiger charge is 2.10. The van der Waals surface area contributed by atoms with Crippen LogP contribution in [-0.2, 0) is 9.53 Å². The molecule has 1 N–H and O–H groups in total. The van der Waals surface area contributed by atoms with Crippen LogP contribution in [0.4, 0.5) is 0 Å². The lowest BCUT2D eigenvalue weighted by Crippen LogP contribution is -2.01. The molecule has 0 aliphatic heterocycles. The maximum absolute atomic E-state index is 11.0. The van der Waals surface area contributed by atoms with Gasteiger partial charge in [-0.15, -0.1) is 0 Å². The zero-order chi connectivity index (χ0) is 13.5. The van der Waals surface area contributed by atoms with Crippen LogP contribution in [0.15, 0.2) is 18.2 Å². The first-order chi connectivity index (χ1) is 8.58. The molecule has 0 atom stereocenters. The molecule has 1 rings (SSSR count). The average Bonchev–Trinajstić information content (AvgIpc) is 2.36. The Morgan fingerprint density at radius 2 is 2.11 bits per heavy atom. The number of carbonyl (C=O) groups excluding carboxylic acids is 1. The van der Waals surface area contributed by atoms with Crippen LogP contribution in [0.1, 0.15) is 22.8 Å². The van der Waals surface area contributed by atoms with Crippen LogP contribution in [0.3, 0.4) is 0 Å². The Kier molecular flexibility index (Phi) is 4.76. The van der Waals surface area contributed by atoms with Crippen LogP contribution >= 0.6 is 0 Å². The zero-order valence-electron chi connectivity index (χ0n) is 10.0. The van der Waals surface area contributed by atoms with Gasteiger partial charge in [-0.3, -0.25) is 0 Å². The largest absolute Gasteiger partial charge is 0.496 e. The predicted molar refractivity (Wildman–Crippen MR) is 63.5 cm³/mol. The molecule has 5 nitrogen and oxygen atoms in total. The van der Waals surface area contributed by atoms with Crippen molar-refractivity contribution in [1.82, 2.24) is 0 Å². The number of carboxylic acids is 1. The molecule has 0 radical (unpaired) electrons. The topological polar surface area (TPSA) is 72.8 Å². The van der Waals surface area contributed by atoms with Crippen molar-refractivity contribution in [3.05, 3.63) is 29.3 Å². The lowest BCUT2D eigenvalue weighted by molar-refractivity contribution is -0.136. The molecule has 0 fully saturated rings. The molecule has 18 heavy (non-hydrogen) atoms. The first-order valence-corrected chi connectivity index (χ1v) is 5.18. The molecule has 0 aromatic heterocycles. The van der Waals surface area contributed by atoms with Crippen molar-refractivity contribution in [3.63, 3.8) is 0 Å². The molecule has 0 amide bonds. The Balaban J connectivity index is 2.99. The van der Waals surface area contributed by atoms with E-state index in [2.05, 4.69) is 16.6 Å². The summed E-state index contributed by atoms with van der Waals surface area (Å²) in [4.78, 5) is 21.9. The number of hydrogen-bond donors (Lipinski definition) is 1. The van der Waals surface area contributed by atoms with Gasteiger partial charge < -0.3 is 14.6 Å². The van der Waals surface area contributed by atoms with E-state index >= 15 is 0 Å². The highest BCUT2D eigenvalue weighted by atomic mass is 16.5. The van der Waals surface area contributed by atoms with Crippen LogP contribution in [-0.4, -0.2) is 30.8 Å². The van der Waals surface area contributed by atoms with Crippen molar-refractivity contribution in [2.75, 3.05) is 13.7 Å². The standard InChI is InChI=1S/C13H12O5/c1-3-18-12(14)7-5-9-4-6-10(13(15)16)11(8-9)17-2/h4,6,8H,3H2,1-2H3,(H,15,16). The molecule has 0 saturated heterocycles. The SMILES string of the molecule is CCOC(=O)C#Cc1ccc(C(=O)O)c(OC)c1. The van der Waals surface area contributed by atoms with E-state index in [-0.39, 0.29) is 17.9 Å². The number of hydrogen-bond acceptors (Lipinski definition) is 4. The number of carboxylic acid groups (broad SMARTS) is 1. The van der Waals surface area contributed by atoms with Crippen molar-refractivity contribution >= 4 is 11.9 Å². The van der Waals surface area contributed by atoms with E-state index in [1.807, 2.05) is 0 Å². The summed E-state index contributed by atoms with van der Waals surface area (Å²) in [5.41, 5.74) is 0.518. The Labute approximate surface area is 104 Å². The van der Waals surface area contributed by atoms with Crippen molar-refractivity contribution in [3.8, 4) is 17.6 Å². The Morgan fingerprint density at radius 1 is 1.39 bits per heavy atom. The maximum Gasteiger partial charge on any atom is 0.384 e. The van der Waals surface area contributed by atoms with E-state index in [0.29, 0.717) is 5.56 Å². The molecule has 5 heteroatoms. The molecule has 0 aliphatic rings. The molecule has 1 aromatic carbocycles. The summed E-state index contributed by atoms with van der Waals surface area (Å²) in [6.45, 7) is 1.94. The molecule has 0 heterocycles. The molecule has 0 unspecified atom stereocenters. The number of methoxy groups -OCH3 is 1. The second-order valence-corrected chi connectivity index (χ2v) is 3.19. The van der Waals surface area contributed by atoms with Crippen LogP contribution in [0.5, 0.6) is 5.75 Å². The minimum Gasteiger partial charge on any atom is -0.496 e. The van der Waals surface area contributed by atoms with Crippen LogP contribution in [0, 0.1) is 11.8 Å². The van der Waals surface area contributed by atoms with E-state index in [1.165, 1.54) is 25.3 Å². The smallest absolute Gasteiger partial charge is 0.384 e. The van der Waals surface area contributed by atoms with Crippen molar-refractivity contribution in [2.45, 2.75) is 6.92 Å². The van der Waals surface area contributed by atoms with Gasteiger partial charge in [0.05, 0.1) is 13.7 Å². The Bertz CT molecular complexity index is 522. The van der Waals surface area contributed by atoms with Crippen LogP contribution < -0.4 is 4.74 Å². The number of rotatable bonds is 3. The number of aromatic carboxylic acids is 1. The van der Waals surface area contributed by atoms with Crippen molar-refractivity contribution < 1.29 is 24.2 Å². The van der Waals surface area contributed by atoms with Gasteiger partial charge in [-0.25, -0.2) is 9.59 Å². The zero-order valence-corrected chi connectivity index (χ0v) is 10.0. The number of carbonyl (C=O) groups is 2. The summed E-state index contributed by atoms with van der Waals surface area (Å²) in [5.74, 6) is 3.34. The summed E-state index contributed by atoms with van der Waals surface area (Å²) in [6, 6.07) is 4.32. The van der Waals surface area contributed by atoms with Crippen LogP contribution in [0.25, 0.3) is 0 Å². The summed E-state index contributed by atoms with van der Waals surface area (Å²) in [7, 11) is 1.37. The minimum absolute atomic E-state index is 0.0409. The monoisotopic (exact) mass is 248 g/mol. The predicted octanol–water partition coefficient (Wildman–Crippen LogP) is 1.31. The lowest BCUT2D eigenvalue weighted by Gasteiger charge is -2.04. The van der Waals surface area contributed by atoms with Crippen molar-refractivity contribution in [1.29, 1.82) is 0 Å². The molecule has 0 aliphatic carbocycles. The number of ether oxygens (including phenoxy) is 2. The fourth-order valence-electron chi connectivity index (χ4n) is 1.24. The first kappa shape index (κ1) is 13.6. The highest BCUT2D eigenvalue weighted by molar-refractivity contribution is 5.91. The van der Waals surface area contributed by atoms with Gasteiger partial charge in [-0.05, 0) is 25.1 Å². The first-order valence-electron chi connectivity index (χ1n) is 5.18. The number of esters is 1. The molecule has 0 spiro atoms. The van der Waals surface area contributed by atoms with Gasteiger partial charge >= 0.3 is 11.9 Å². The molecule has 1 aromatic rings. The van der Waals surface area contributed by atoms with E-state index < -0.39 is 11.9 Å². The van der Waals surface area contributed by atoms with E-state index in [0.717, 1.165) is 0 Å². The average molecular weight is 248 g/mol. The van der Waals surface area contributed by atoms with Gasteiger partial charge in [0.15, 0.2) is 0 Å². The molecular formula is C13H12O5. The molecule has 0 bridgehead atoms. The molecule has 94 valence electrons. The van der Waals surface area contributed by atoms with Gasteiger partial charge in [-0.1, -0.05) is 5.92 Å². The quantitative estimate of drug-likeness (QED) is 0.645. The summed E-state index contributed by atoms with van der Waals surface area (Å²) in [6.07, 6.45) is 0. The fraction of sp³-hybridized carbons (Fsp3) is 0.231. The minimum atomic E-state index is -1.09. The molecular weight excluding hydrogens is 236 g/mol. The Morgan fingerprint density at radius 3 is 2.67 bits per heavy atom. The van der Waals surface area contributed by atoms with E-state index in [4.69, 9.17) is 9.84 Å². The van der Waals surface area contributed by atoms with Crippen molar-refractivity contribution in [2.24, 2.45) is 0 Å². The van der Waals surface area contributed by atoms with Gasteiger partial charge in [0, 0.05) is 11.5 Å². The third-order valence-corrected chi connectivity index (χ3v) is 2.02. The highest BCUT2D eigenvalue weighted by Crippen LogP contribution is 2.19. The van der Waals surface area contributed by atoms with E-state index in [9.17, 15) is 9.59 Å². The van der Waals surface area contributed by atoms with Crippen LogP contribution in [0.2, 0.25) is 0 Å². The summed E-state index contributed by atoms with van der Waals surface area (Å²) >= 11 is 0. The van der Waals surface area contributed by atoms with Gasteiger partial charge in [0.1, 0.15) is 11.3 Å².